The molecule has 35 heavy (non-hydrogen) atoms. The molecule has 0 aromatic heterocycles. The number of benzene rings is 2. The SMILES string of the molecule is Cc1ccc(N2C[C@H](C(=O)Oc3ccc(N4C(=O)[C@H]5[C@@H](C)C=CC[C@H]5C4=O)cc3)CC2=O)c(C)c1. The third-order valence-corrected chi connectivity index (χ3v) is 7.29. The van der Waals surface area contributed by atoms with Crippen molar-refractivity contribution < 1.29 is 23.9 Å². The fourth-order valence-electron chi connectivity index (χ4n) is 5.47. The Morgan fingerprint density at radius 3 is 2.43 bits per heavy atom. The molecule has 2 aliphatic heterocycles. The molecule has 3 amide bonds. The van der Waals surface area contributed by atoms with Gasteiger partial charge in [-0.2, -0.15) is 0 Å². The van der Waals surface area contributed by atoms with Crippen LogP contribution in [0.1, 0.15) is 30.9 Å². The van der Waals surface area contributed by atoms with Crippen molar-refractivity contribution in [2.75, 3.05) is 16.3 Å². The van der Waals surface area contributed by atoms with Crippen LogP contribution in [0.3, 0.4) is 0 Å². The zero-order valence-electron chi connectivity index (χ0n) is 20.1. The van der Waals surface area contributed by atoms with Crippen molar-refractivity contribution in [2.45, 2.75) is 33.6 Å². The van der Waals surface area contributed by atoms with Gasteiger partial charge in [0.1, 0.15) is 5.75 Å². The van der Waals surface area contributed by atoms with Crippen LogP contribution in [0.15, 0.2) is 54.6 Å². The molecule has 3 aliphatic rings. The molecule has 0 bridgehead atoms. The molecule has 0 N–H and O–H groups in total. The molecule has 7 heteroatoms. The standard InChI is InChI=1S/C28H28N2O5/c1-16-7-12-23(18(3)13-16)29-15-19(14-24(29)31)28(34)35-21-10-8-20(9-11-21)30-26(32)22-6-4-5-17(2)25(22)27(30)33/h4-5,7-13,17,19,22,25H,6,14-15H2,1-3H3/t17-,19+,22+,25-/m0/s1. The molecule has 0 spiro atoms. The molecule has 0 unspecified atom stereocenters. The first-order valence-corrected chi connectivity index (χ1v) is 12.0. The third-order valence-electron chi connectivity index (χ3n) is 7.29. The molecule has 5 rings (SSSR count). The number of carbonyl (C=O) groups excluding carboxylic acids is 4. The Morgan fingerprint density at radius 2 is 1.74 bits per heavy atom. The first-order chi connectivity index (χ1) is 16.7. The largest absolute Gasteiger partial charge is 0.426 e. The Bertz CT molecular complexity index is 1250. The summed E-state index contributed by atoms with van der Waals surface area (Å²) in [5, 5.41) is 0. The van der Waals surface area contributed by atoms with E-state index in [0.29, 0.717) is 17.9 Å². The molecule has 2 aromatic carbocycles. The second-order valence-corrected chi connectivity index (χ2v) is 9.78. The summed E-state index contributed by atoms with van der Waals surface area (Å²) in [5.41, 5.74) is 3.38. The number of fused-ring (bicyclic) bond motifs is 1. The molecule has 1 aliphatic carbocycles. The van der Waals surface area contributed by atoms with Crippen LogP contribution in [0.5, 0.6) is 5.75 Å². The highest BCUT2D eigenvalue weighted by atomic mass is 16.5. The lowest BCUT2D eigenvalue weighted by atomic mass is 9.78. The summed E-state index contributed by atoms with van der Waals surface area (Å²) < 4.78 is 5.55. The molecular weight excluding hydrogens is 444 g/mol. The number of aryl methyl sites for hydroxylation is 2. The molecule has 2 fully saturated rings. The Hall–Kier alpha value is -3.74. The Kier molecular flexibility index (Phi) is 5.79. The van der Waals surface area contributed by atoms with Crippen molar-refractivity contribution in [3.05, 3.63) is 65.7 Å². The summed E-state index contributed by atoms with van der Waals surface area (Å²) in [5.74, 6) is -1.83. The molecule has 7 nitrogen and oxygen atoms in total. The minimum atomic E-state index is -0.568. The number of esters is 1. The fraction of sp³-hybridized carbons (Fsp3) is 0.357. The van der Waals surface area contributed by atoms with Gasteiger partial charge in [-0.05, 0) is 62.1 Å². The van der Waals surface area contributed by atoms with E-state index in [1.165, 1.54) is 4.90 Å². The second-order valence-electron chi connectivity index (χ2n) is 9.78. The molecular formula is C28H28N2O5. The quantitative estimate of drug-likeness (QED) is 0.291. The number of nitrogens with zero attached hydrogens (tertiary/aromatic N) is 2. The van der Waals surface area contributed by atoms with Crippen molar-refractivity contribution >= 4 is 35.1 Å². The highest BCUT2D eigenvalue weighted by Crippen LogP contribution is 2.40. The molecule has 180 valence electrons. The minimum Gasteiger partial charge on any atom is -0.426 e. The van der Waals surface area contributed by atoms with Gasteiger partial charge in [0.2, 0.25) is 17.7 Å². The lowest BCUT2D eigenvalue weighted by molar-refractivity contribution is -0.139. The van der Waals surface area contributed by atoms with E-state index in [1.54, 1.807) is 29.2 Å². The molecule has 2 heterocycles. The fourth-order valence-corrected chi connectivity index (χ4v) is 5.47. The van der Waals surface area contributed by atoms with Gasteiger partial charge in [-0.25, -0.2) is 0 Å². The van der Waals surface area contributed by atoms with Crippen LogP contribution >= 0.6 is 0 Å². The van der Waals surface area contributed by atoms with Crippen LogP contribution in [-0.4, -0.2) is 30.2 Å². The highest BCUT2D eigenvalue weighted by molar-refractivity contribution is 6.22. The van der Waals surface area contributed by atoms with Gasteiger partial charge in [0.15, 0.2) is 0 Å². The van der Waals surface area contributed by atoms with E-state index < -0.39 is 11.9 Å². The predicted molar refractivity (Wildman–Crippen MR) is 131 cm³/mol. The summed E-state index contributed by atoms with van der Waals surface area (Å²) in [7, 11) is 0. The van der Waals surface area contributed by atoms with E-state index in [9.17, 15) is 19.2 Å². The summed E-state index contributed by atoms with van der Waals surface area (Å²) in [4.78, 5) is 54.2. The van der Waals surface area contributed by atoms with Gasteiger partial charge in [-0.15, -0.1) is 0 Å². The number of hydrogen-bond acceptors (Lipinski definition) is 5. The lowest BCUT2D eigenvalue weighted by Crippen LogP contribution is -2.31. The van der Waals surface area contributed by atoms with E-state index in [1.807, 2.05) is 51.1 Å². The van der Waals surface area contributed by atoms with Crippen LogP contribution in [0.4, 0.5) is 11.4 Å². The van der Waals surface area contributed by atoms with E-state index in [2.05, 4.69) is 0 Å². The number of imide groups is 1. The number of ether oxygens (including phenoxy) is 1. The average molecular weight is 473 g/mol. The van der Waals surface area contributed by atoms with Gasteiger partial charge in [0, 0.05) is 18.7 Å². The van der Waals surface area contributed by atoms with Gasteiger partial charge >= 0.3 is 5.97 Å². The maximum Gasteiger partial charge on any atom is 0.316 e. The third kappa shape index (κ3) is 4.05. The van der Waals surface area contributed by atoms with Crippen LogP contribution < -0.4 is 14.5 Å². The summed E-state index contributed by atoms with van der Waals surface area (Å²) in [6, 6.07) is 12.3. The first-order valence-electron chi connectivity index (χ1n) is 12.0. The van der Waals surface area contributed by atoms with Crippen LogP contribution in [0, 0.1) is 37.5 Å². The van der Waals surface area contributed by atoms with Crippen molar-refractivity contribution in [2.24, 2.45) is 23.7 Å². The normalized spacial score (nSPS) is 25.9. The Labute approximate surface area is 204 Å². The molecule has 0 saturated carbocycles. The second kappa shape index (κ2) is 8.80. The van der Waals surface area contributed by atoms with E-state index in [0.717, 1.165) is 16.8 Å². The average Bonchev–Trinajstić information content (AvgIpc) is 3.32. The summed E-state index contributed by atoms with van der Waals surface area (Å²) >= 11 is 0. The minimum absolute atomic E-state index is 0.0211. The van der Waals surface area contributed by atoms with Gasteiger partial charge in [-0.1, -0.05) is 36.8 Å². The molecule has 2 saturated heterocycles. The van der Waals surface area contributed by atoms with Crippen LogP contribution in [-0.2, 0) is 19.2 Å². The van der Waals surface area contributed by atoms with E-state index in [4.69, 9.17) is 4.74 Å². The number of anilines is 2. The molecule has 2 aromatic rings. The number of amides is 3. The Balaban J connectivity index is 1.26. The van der Waals surface area contributed by atoms with Crippen LogP contribution in [0.25, 0.3) is 0 Å². The van der Waals surface area contributed by atoms with Crippen molar-refractivity contribution in [1.82, 2.24) is 0 Å². The van der Waals surface area contributed by atoms with Crippen molar-refractivity contribution in [1.29, 1.82) is 0 Å². The van der Waals surface area contributed by atoms with Gasteiger partial charge < -0.3 is 9.64 Å². The maximum atomic E-state index is 13.0. The lowest BCUT2D eigenvalue weighted by Gasteiger charge is -2.22. The zero-order chi connectivity index (χ0) is 24.9. The smallest absolute Gasteiger partial charge is 0.316 e. The monoisotopic (exact) mass is 472 g/mol. The number of hydrogen-bond donors (Lipinski definition) is 0. The summed E-state index contributed by atoms with van der Waals surface area (Å²) in [6.07, 6.45) is 4.63. The van der Waals surface area contributed by atoms with E-state index in [-0.39, 0.29) is 48.4 Å². The highest BCUT2D eigenvalue weighted by Gasteiger charge is 2.50. The van der Waals surface area contributed by atoms with Crippen LogP contribution in [0.2, 0.25) is 0 Å². The van der Waals surface area contributed by atoms with Gasteiger partial charge in [0.05, 0.1) is 23.4 Å². The van der Waals surface area contributed by atoms with E-state index >= 15 is 0 Å². The number of allylic oxidation sites excluding steroid dienone is 2. The Morgan fingerprint density at radius 1 is 1.00 bits per heavy atom. The van der Waals surface area contributed by atoms with Gasteiger partial charge in [-0.3, -0.25) is 24.1 Å². The topological polar surface area (TPSA) is 84.0 Å². The molecule has 0 radical (unpaired) electrons. The number of carbonyl (C=O) groups is 4. The molecule has 4 atom stereocenters. The first kappa shape index (κ1) is 23.0. The van der Waals surface area contributed by atoms with Crippen molar-refractivity contribution in [3.8, 4) is 5.75 Å². The maximum absolute atomic E-state index is 13.0. The zero-order valence-corrected chi connectivity index (χ0v) is 20.1. The predicted octanol–water partition coefficient (Wildman–Crippen LogP) is 3.96. The summed E-state index contributed by atoms with van der Waals surface area (Å²) in [6.45, 7) is 6.17. The number of rotatable bonds is 4. The van der Waals surface area contributed by atoms with Gasteiger partial charge in [0.25, 0.3) is 0 Å². The van der Waals surface area contributed by atoms with Crippen molar-refractivity contribution in [3.63, 3.8) is 0 Å².